The van der Waals surface area contributed by atoms with Gasteiger partial charge in [0, 0.05) is 4.88 Å². The molecule has 0 atom stereocenters. The minimum Gasteiger partial charge on any atom is -0.376 e. The zero-order valence-corrected chi connectivity index (χ0v) is 8.80. The first-order valence-electron chi connectivity index (χ1n) is 4.54. The normalized spacial score (nSPS) is 16.6. The van der Waals surface area contributed by atoms with Crippen LogP contribution in [0.3, 0.4) is 0 Å². The third kappa shape index (κ3) is 2.20. The van der Waals surface area contributed by atoms with Crippen molar-refractivity contribution in [2.24, 2.45) is 0 Å². The molecule has 1 fully saturated rings. The number of Topliss-reactive ketones (excluding diaryl/α,β-unsaturated/α-hetero) is 1. The molecule has 1 aromatic rings. The molecule has 3 nitrogen and oxygen atoms in total. The molecular weight excluding hydrogens is 200 g/mol. The summed E-state index contributed by atoms with van der Waals surface area (Å²) in [4.78, 5) is 13.5. The summed E-state index contributed by atoms with van der Waals surface area (Å²) in [6, 6.07) is 3.80. The van der Waals surface area contributed by atoms with E-state index in [9.17, 15) is 4.79 Å². The van der Waals surface area contributed by atoms with Crippen molar-refractivity contribution in [3.05, 3.63) is 21.9 Å². The second-order valence-electron chi connectivity index (χ2n) is 3.30. The van der Waals surface area contributed by atoms with Gasteiger partial charge in [0.1, 0.15) is 12.7 Å². The lowest BCUT2D eigenvalue weighted by Crippen LogP contribution is -2.37. The molecule has 1 aromatic heterocycles. The van der Waals surface area contributed by atoms with Gasteiger partial charge < -0.3 is 9.47 Å². The minimum absolute atomic E-state index is 0.0648. The van der Waals surface area contributed by atoms with E-state index in [1.165, 1.54) is 11.3 Å². The molecule has 0 aliphatic carbocycles. The Bertz CT molecular complexity index is 328. The Morgan fingerprint density at radius 2 is 2.43 bits per heavy atom. The van der Waals surface area contributed by atoms with Crippen LogP contribution in [0.25, 0.3) is 0 Å². The van der Waals surface area contributed by atoms with E-state index in [1.54, 1.807) is 0 Å². The molecule has 1 saturated heterocycles. The molecule has 0 unspecified atom stereocenters. The first kappa shape index (κ1) is 9.83. The predicted octanol–water partition coefficient (Wildman–Crippen LogP) is 1.65. The van der Waals surface area contributed by atoms with Crippen molar-refractivity contribution in [3.63, 3.8) is 0 Å². The fourth-order valence-corrected chi connectivity index (χ4v) is 1.95. The third-order valence-electron chi connectivity index (χ3n) is 2.07. The maximum Gasteiger partial charge on any atom is 0.198 e. The van der Waals surface area contributed by atoms with E-state index in [4.69, 9.17) is 9.47 Å². The molecule has 0 amide bonds. The van der Waals surface area contributed by atoms with Crippen molar-refractivity contribution in [3.8, 4) is 0 Å². The lowest BCUT2D eigenvalue weighted by molar-refractivity contribution is -0.123. The second kappa shape index (κ2) is 4.21. The SMILES string of the molecule is Cc1ccc(C(=O)COC2COC2)s1. The van der Waals surface area contributed by atoms with E-state index < -0.39 is 0 Å². The summed E-state index contributed by atoms with van der Waals surface area (Å²) in [5, 5.41) is 0. The summed E-state index contributed by atoms with van der Waals surface area (Å²) in [5.41, 5.74) is 0. The smallest absolute Gasteiger partial charge is 0.198 e. The highest BCUT2D eigenvalue weighted by molar-refractivity contribution is 7.14. The van der Waals surface area contributed by atoms with Crippen molar-refractivity contribution in [1.29, 1.82) is 0 Å². The van der Waals surface area contributed by atoms with Crippen molar-refractivity contribution < 1.29 is 14.3 Å². The van der Waals surface area contributed by atoms with Gasteiger partial charge >= 0.3 is 0 Å². The van der Waals surface area contributed by atoms with E-state index >= 15 is 0 Å². The van der Waals surface area contributed by atoms with Crippen molar-refractivity contribution in [2.45, 2.75) is 13.0 Å². The third-order valence-corrected chi connectivity index (χ3v) is 3.11. The predicted molar refractivity (Wildman–Crippen MR) is 53.9 cm³/mol. The van der Waals surface area contributed by atoms with E-state index in [0.717, 1.165) is 9.75 Å². The molecule has 0 saturated carbocycles. The molecule has 0 N–H and O–H groups in total. The van der Waals surface area contributed by atoms with E-state index in [1.807, 2.05) is 19.1 Å². The highest BCUT2D eigenvalue weighted by Crippen LogP contribution is 2.16. The minimum atomic E-state index is 0.0648. The number of thiophene rings is 1. The Kier molecular flexibility index (Phi) is 2.96. The molecule has 1 aliphatic heterocycles. The quantitative estimate of drug-likeness (QED) is 0.712. The molecule has 0 spiro atoms. The maximum absolute atomic E-state index is 11.5. The number of hydrogen-bond acceptors (Lipinski definition) is 4. The number of rotatable bonds is 4. The van der Waals surface area contributed by atoms with Crippen LogP contribution in [0.1, 0.15) is 14.5 Å². The zero-order valence-electron chi connectivity index (χ0n) is 7.99. The molecule has 14 heavy (non-hydrogen) atoms. The number of aryl methyl sites for hydroxylation is 1. The van der Waals surface area contributed by atoms with Gasteiger partial charge in [-0.1, -0.05) is 0 Å². The number of ketones is 1. The Morgan fingerprint density at radius 1 is 1.64 bits per heavy atom. The van der Waals surface area contributed by atoms with Crippen LogP contribution in [0.2, 0.25) is 0 Å². The fraction of sp³-hybridized carbons (Fsp3) is 0.500. The van der Waals surface area contributed by atoms with Gasteiger partial charge in [-0.15, -0.1) is 11.3 Å². The largest absolute Gasteiger partial charge is 0.376 e. The average Bonchev–Trinajstić information content (AvgIpc) is 2.49. The van der Waals surface area contributed by atoms with Crippen LogP contribution in [0, 0.1) is 6.92 Å². The lowest BCUT2D eigenvalue weighted by Gasteiger charge is -2.25. The van der Waals surface area contributed by atoms with Gasteiger partial charge in [0.25, 0.3) is 0 Å². The molecular formula is C10H12O3S. The van der Waals surface area contributed by atoms with Crippen molar-refractivity contribution in [2.75, 3.05) is 19.8 Å². The zero-order chi connectivity index (χ0) is 9.97. The summed E-state index contributed by atoms with van der Waals surface area (Å²) in [5.74, 6) is 0.0648. The highest BCUT2D eigenvalue weighted by Gasteiger charge is 2.20. The summed E-state index contributed by atoms with van der Waals surface area (Å²) in [6.07, 6.45) is 0.125. The fourth-order valence-electron chi connectivity index (χ4n) is 1.16. The molecule has 0 bridgehead atoms. The van der Waals surface area contributed by atoms with Crippen LogP contribution in [0.4, 0.5) is 0 Å². The number of carbonyl (C=O) groups excluding carboxylic acids is 1. The van der Waals surface area contributed by atoms with Crippen LogP contribution in [0.15, 0.2) is 12.1 Å². The summed E-state index contributed by atoms with van der Waals surface area (Å²) in [6.45, 7) is 3.41. The van der Waals surface area contributed by atoms with Crippen molar-refractivity contribution >= 4 is 17.1 Å². The lowest BCUT2D eigenvalue weighted by atomic mass is 10.3. The van der Waals surface area contributed by atoms with Crippen LogP contribution >= 0.6 is 11.3 Å². The van der Waals surface area contributed by atoms with Gasteiger partial charge in [0.2, 0.25) is 0 Å². The topological polar surface area (TPSA) is 35.5 Å². The Morgan fingerprint density at radius 3 is 2.93 bits per heavy atom. The summed E-state index contributed by atoms with van der Waals surface area (Å²) < 4.78 is 10.3. The van der Waals surface area contributed by atoms with Gasteiger partial charge in [0.05, 0.1) is 18.1 Å². The maximum atomic E-state index is 11.5. The molecule has 0 radical (unpaired) electrons. The average molecular weight is 212 g/mol. The number of carbonyl (C=O) groups is 1. The van der Waals surface area contributed by atoms with E-state index in [2.05, 4.69) is 0 Å². The Hall–Kier alpha value is -0.710. The molecule has 2 rings (SSSR count). The number of ether oxygens (including phenoxy) is 2. The molecule has 76 valence electrons. The van der Waals surface area contributed by atoms with Crippen LogP contribution in [-0.4, -0.2) is 31.7 Å². The summed E-state index contributed by atoms with van der Waals surface area (Å²) >= 11 is 1.51. The van der Waals surface area contributed by atoms with Gasteiger partial charge in [0.15, 0.2) is 5.78 Å². The van der Waals surface area contributed by atoms with Crippen LogP contribution in [-0.2, 0) is 9.47 Å². The standard InChI is InChI=1S/C10H12O3S/c1-7-2-3-10(14-7)9(11)6-13-8-4-12-5-8/h2-3,8H,4-6H2,1H3. The molecule has 4 heteroatoms. The molecule has 0 aromatic carbocycles. The van der Waals surface area contributed by atoms with Gasteiger partial charge in [-0.05, 0) is 19.1 Å². The Labute approximate surface area is 86.6 Å². The summed E-state index contributed by atoms with van der Waals surface area (Å²) in [7, 11) is 0. The molecule has 1 aliphatic rings. The van der Waals surface area contributed by atoms with Gasteiger partial charge in [-0.3, -0.25) is 4.79 Å². The van der Waals surface area contributed by atoms with Crippen molar-refractivity contribution in [1.82, 2.24) is 0 Å². The monoisotopic (exact) mass is 212 g/mol. The van der Waals surface area contributed by atoms with E-state index in [0.29, 0.717) is 13.2 Å². The first-order valence-corrected chi connectivity index (χ1v) is 5.36. The number of hydrogen-bond donors (Lipinski definition) is 0. The highest BCUT2D eigenvalue weighted by atomic mass is 32.1. The van der Waals surface area contributed by atoms with Crippen LogP contribution in [0.5, 0.6) is 0 Å². The molecule has 2 heterocycles. The van der Waals surface area contributed by atoms with Crippen LogP contribution < -0.4 is 0 Å². The first-order chi connectivity index (χ1) is 6.75. The second-order valence-corrected chi connectivity index (χ2v) is 4.59. The van der Waals surface area contributed by atoms with Gasteiger partial charge in [-0.2, -0.15) is 0 Å². The van der Waals surface area contributed by atoms with E-state index in [-0.39, 0.29) is 18.5 Å². The van der Waals surface area contributed by atoms with Gasteiger partial charge in [-0.25, -0.2) is 0 Å². The Balaban J connectivity index is 1.82.